The molecule has 35 heavy (non-hydrogen) atoms. The average molecular weight is 466 g/mol. The van der Waals surface area contributed by atoms with E-state index in [-0.39, 0.29) is 5.56 Å². The molecule has 0 aliphatic heterocycles. The molecule has 7 heteroatoms. The van der Waals surface area contributed by atoms with Gasteiger partial charge in [-0.2, -0.15) is 0 Å². The summed E-state index contributed by atoms with van der Waals surface area (Å²) in [6.07, 6.45) is -1.04. The molecule has 0 aliphatic carbocycles. The number of hydrogen-bond acceptors (Lipinski definition) is 5. The highest BCUT2D eigenvalue weighted by atomic mass is 16.6. The fourth-order valence-corrected chi connectivity index (χ4v) is 3.42. The molecule has 1 heterocycles. The SMILES string of the molecule is Cc1noc(-c2ccc(C#Cc3ccccc3C(=O)O)cc2)c1NC(=O)O[C@H](C)c1ccccc1. The molecule has 1 aromatic heterocycles. The van der Waals surface area contributed by atoms with E-state index in [0.717, 1.165) is 5.56 Å². The third-order valence-corrected chi connectivity index (χ3v) is 5.29. The zero-order valence-electron chi connectivity index (χ0n) is 19.1. The van der Waals surface area contributed by atoms with Crippen molar-refractivity contribution < 1.29 is 24.0 Å². The van der Waals surface area contributed by atoms with Gasteiger partial charge in [-0.1, -0.05) is 59.5 Å². The van der Waals surface area contributed by atoms with E-state index >= 15 is 0 Å². The first-order valence-corrected chi connectivity index (χ1v) is 10.9. The second kappa shape index (κ2) is 10.4. The van der Waals surface area contributed by atoms with Crippen molar-refractivity contribution in [3.63, 3.8) is 0 Å². The molecule has 7 nitrogen and oxygen atoms in total. The van der Waals surface area contributed by atoms with Gasteiger partial charge in [-0.25, -0.2) is 9.59 Å². The number of carboxylic acid groups (broad SMARTS) is 1. The van der Waals surface area contributed by atoms with Crippen molar-refractivity contribution >= 4 is 17.7 Å². The van der Waals surface area contributed by atoms with E-state index in [1.165, 1.54) is 6.07 Å². The highest BCUT2D eigenvalue weighted by Crippen LogP contribution is 2.31. The van der Waals surface area contributed by atoms with Gasteiger partial charge in [0, 0.05) is 16.7 Å². The molecule has 0 saturated heterocycles. The molecule has 174 valence electrons. The molecule has 0 aliphatic rings. The van der Waals surface area contributed by atoms with Gasteiger partial charge in [0.15, 0.2) is 5.76 Å². The molecule has 1 atom stereocenters. The summed E-state index contributed by atoms with van der Waals surface area (Å²) in [7, 11) is 0. The van der Waals surface area contributed by atoms with Crippen molar-refractivity contribution in [1.29, 1.82) is 0 Å². The minimum Gasteiger partial charge on any atom is -0.478 e. The largest absolute Gasteiger partial charge is 0.478 e. The molecule has 1 amide bonds. The Morgan fingerprint density at radius 1 is 0.971 bits per heavy atom. The number of ether oxygens (including phenoxy) is 1. The number of anilines is 1. The molecular weight excluding hydrogens is 444 g/mol. The molecular formula is C28H22N2O5. The van der Waals surface area contributed by atoms with Crippen LogP contribution >= 0.6 is 0 Å². The Balaban J connectivity index is 1.50. The lowest BCUT2D eigenvalue weighted by Gasteiger charge is -2.14. The maximum absolute atomic E-state index is 12.5. The normalized spacial score (nSPS) is 11.1. The van der Waals surface area contributed by atoms with Crippen LogP contribution in [0.2, 0.25) is 0 Å². The van der Waals surface area contributed by atoms with Crippen molar-refractivity contribution in [2.75, 3.05) is 5.32 Å². The first-order chi connectivity index (χ1) is 16.9. The van der Waals surface area contributed by atoms with Gasteiger partial charge in [0.25, 0.3) is 0 Å². The molecule has 3 aromatic carbocycles. The van der Waals surface area contributed by atoms with Gasteiger partial charge in [-0.05, 0) is 55.8 Å². The van der Waals surface area contributed by atoms with Gasteiger partial charge < -0.3 is 14.4 Å². The Labute approximate surface area is 202 Å². The first-order valence-electron chi connectivity index (χ1n) is 10.9. The number of aromatic nitrogens is 1. The van der Waals surface area contributed by atoms with E-state index < -0.39 is 18.2 Å². The van der Waals surface area contributed by atoms with Crippen LogP contribution in [-0.4, -0.2) is 22.3 Å². The third-order valence-electron chi connectivity index (χ3n) is 5.29. The fraction of sp³-hybridized carbons (Fsp3) is 0.107. The van der Waals surface area contributed by atoms with Crippen molar-refractivity contribution in [1.82, 2.24) is 5.16 Å². The van der Waals surface area contributed by atoms with Crippen LogP contribution in [0.3, 0.4) is 0 Å². The van der Waals surface area contributed by atoms with Crippen LogP contribution in [0.1, 0.15) is 45.8 Å². The predicted molar refractivity (Wildman–Crippen MR) is 131 cm³/mol. The van der Waals surface area contributed by atoms with E-state index in [9.17, 15) is 14.7 Å². The van der Waals surface area contributed by atoms with Gasteiger partial charge in [0.1, 0.15) is 17.5 Å². The van der Waals surface area contributed by atoms with Crippen molar-refractivity contribution in [3.05, 3.63) is 107 Å². The zero-order chi connectivity index (χ0) is 24.8. The Morgan fingerprint density at radius 3 is 2.37 bits per heavy atom. The molecule has 0 bridgehead atoms. The summed E-state index contributed by atoms with van der Waals surface area (Å²) in [6, 6.07) is 23.2. The van der Waals surface area contributed by atoms with Crippen molar-refractivity contribution in [2.24, 2.45) is 0 Å². The van der Waals surface area contributed by atoms with Crippen molar-refractivity contribution in [2.45, 2.75) is 20.0 Å². The molecule has 0 radical (unpaired) electrons. The third kappa shape index (κ3) is 5.57. The number of rotatable bonds is 5. The minimum absolute atomic E-state index is 0.151. The number of nitrogens with one attached hydrogen (secondary N) is 1. The number of nitrogens with zero attached hydrogens (tertiary/aromatic N) is 1. The van der Waals surface area contributed by atoms with Gasteiger partial charge in [-0.3, -0.25) is 5.32 Å². The smallest absolute Gasteiger partial charge is 0.412 e. The standard InChI is InChI=1S/C28H22N2O5/c1-18-25(29-28(33)34-19(2)21-8-4-3-5-9-21)26(35-30-18)23-16-13-20(14-17-23)12-15-22-10-6-7-11-24(22)27(31)32/h3-11,13-14,16-17,19H,1-2H3,(H,29,33)(H,31,32)/t19-/m1/s1. The molecule has 0 spiro atoms. The summed E-state index contributed by atoms with van der Waals surface area (Å²) >= 11 is 0. The molecule has 0 fully saturated rings. The van der Waals surface area contributed by atoms with Gasteiger partial charge in [0.05, 0.1) is 5.56 Å². The number of carbonyl (C=O) groups excluding carboxylic acids is 1. The summed E-state index contributed by atoms with van der Waals surface area (Å²) in [5, 5.41) is 16.0. The molecule has 4 aromatic rings. The van der Waals surface area contributed by atoms with Gasteiger partial charge in [-0.15, -0.1) is 0 Å². The number of carbonyl (C=O) groups is 2. The zero-order valence-corrected chi connectivity index (χ0v) is 19.1. The number of aromatic carboxylic acids is 1. The van der Waals surface area contributed by atoms with Crippen molar-refractivity contribution in [3.8, 4) is 23.2 Å². The summed E-state index contributed by atoms with van der Waals surface area (Å²) in [4.78, 5) is 23.9. The summed E-state index contributed by atoms with van der Waals surface area (Å²) in [6.45, 7) is 3.52. The number of benzene rings is 3. The molecule has 0 unspecified atom stereocenters. The van der Waals surface area contributed by atoms with Gasteiger partial charge >= 0.3 is 12.1 Å². The lowest BCUT2D eigenvalue weighted by atomic mass is 10.1. The highest BCUT2D eigenvalue weighted by Gasteiger charge is 2.19. The Bertz CT molecular complexity index is 1410. The van der Waals surface area contributed by atoms with E-state index in [0.29, 0.717) is 33.8 Å². The Morgan fingerprint density at radius 2 is 1.66 bits per heavy atom. The minimum atomic E-state index is -1.03. The molecule has 2 N–H and O–H groups in total. The van der Waals surface area contributed by atoms with Crippen LogP contribution < -0.4 is 5.32 Å². The number of aryl methyl sites for hydroxylation is 1. The van der Waals surface area contributed by atoms with Crippen LogP contribution in [0, 0.1) is 18.8 Å². The van der Waals surface area contributed by atoms with Crippen LogP contribution in [0.5, 0.6) is 0 Å². The summed E-state index contributed by atoms with van der Waals surface area (Å²) in [5.74, 6) is 5.24. The maximum Gasteiger partial charge on any atom is 0.412 e. The Hall–Kier alpha value is -4.83. The highest BCUT2D eigenvalue weighted by molar-refractivity contribution is 5.91. The quantitative estimate of drug-likeness (QED) is 0.347. The lowest BCUT2D eigenvalue weighted by Crippen LogP contribution is -2.16. The van der Waals surface area contributed by atoms with Crippen LogP contribution in [-0.2, 0) is 4.74 Å². The topological polar surface area (TPSA) is 102 Å². The Kier molecular flexibility index (Phi) is 6.94. The number of amides is 1. The number of carboxylic acids is 1. The van der Waals surface area contributed by atoms with E-state index in [2.05, 4.69) is 22.3 Å². The molecule has 4 rings (SSSR count). The first kappa shape index (κ1) is 23.3. The lowest BCUT2D eigenvalue weighted by molar-refractivity contribution is 0.0696. The second-order valence-corrected chi connectivity index (χ2v) is 7.73. The average Bonchev–Trinajstić information content (AvgIpc) is 3.23. The van der Waals surface area contributed by atoms with Crippen LogP contribution in [0.4, 0.5) is 10.5 Å². The fourth-order valence-electron chi connectivity index (χ4n) is 3.42. The summed E-state index contributed by atoms with van der Waals surface area (Å²) in [5.41, 5.74) is 3.78. The number of hydrogen-bond donors (Lipinski definition) is 2. The van der Waals surface area contributed by atoms with E-state index in [4.69, 9.17) is 9.26 Å². The second-order valence-electron chi connectivity index (χ2n) is 7.73. The van der Waals surface area contributed by atoms with E-state index in [1.54, 1.807) is 56.3 Å². The van der Waals surface area contributed by atoms with E-state index in [1.807, 2.05) is 30.3 Å². The van der Waals surface area contributed by atoms with Crippen LogP contribution in [0.25, 0.3) is 11.3 Å². The monoisotopic (exact) mass is 466 g/mol. The maximum atomic E-state index is 12.5. The van der Waals surface area contributed by atoms with Crippen LogP contribution in [0.15, 0.2) is 83.4 Å². The molecule has 0 saturated carbocycles. The summed E-state index contributed by atoms with van der Waals surface area (Å²) < 4.78 is 11.0. The predicted octanol–water partition coefficient (Wildman–Crippen LogP) is 6.06. The van der Waals surface area contributed by atoms with Gasteiger partial charge in [0.2, 0.25) is 0 Å².